The first-order valence-corrected chi connectivity index (χ1v) is 6.10. The first kappa shape index (κ1) is 13.0. The van der Waals surface area contributed by atoms with Crippen molar-refractivity contribution in [2.75, 3.05) is 13.1 Å². The van der Waals surface area contributed by atoms with Gasteiger partial charge in [-0.2, -0.15) is 0 Å². The van der Waals surface area contributed by atoms with E-state index < -0.39 is 0 Å². The molecule has 1 aliphatic heterocycles. The molecule has 1 heterocycles. The first-order valence-electron chi connectivity index (χ1n) is 6.10. The van der Waals surface area contributed by atoms with Gasteiger partial charge in [0.2, 0.25) is 5.91 Å². The van der Waals surface area contributed by atoms with Crippen molar-refractivity contribution >= 4 is 11.9 Å². The Labute approximate surface area is 97.4 Å². The van der Waals surface area contributed by atoms with Gasteiger partial charge in [0, 0.05) is 13.1 Å². The average Bonchev–Trinajstić information content (AvgIpc) is 2.19. The molecule has 16 heavy (non-hydrogen) atoms. The van der Waals surface area contributed by atoms with Gasteiger partial charge < -0.3 is 4.90 Å². The van der Waals surface area contributed by atoms with Crippen LogP contribution in [0.5, 0.6) is 0 Å². The summed E-state index contributed by atoms with van der Waals surface area (Å²) in [5.74, 6) is 0.488. The fourth-order valence-electron chi connectivity index (χ4n) is 1.85. The molecule has 1 N–H and O–H groups in total. The number of carbonyl (C=O) groups excluding carboxylic acids is 2. The molecule has 92 valence electrons. The van der Waals surface area contributed by atoms with Gasteiger partial charge >= 0.3 is 6.03 Å². The van der Waals surface area contributed by atoms with Crippen LogP contribution in [0.2, 0.25) is 0 Å². The van der Waals surface area contributed by atoms with E-state index in [0.29, 0.717) is 6.54 Å². The molecule has 0 aliphatic carbocycles. The second-order valence-electron chi connectivity index (χ2n) is 5.03. The molecular weight excluding hydrogens is 204 g/mol. The quantitative estimate of drug-likeness (QED) is 0.729. The summed E-state index contributed by atoms with van der Waals surface area (Å²) in [6.07, 6.45) is 3.36. The number of hydrogen-bond acceptors (Lipinski definition) is 2. The molecule has 1 atom stereocenters. The fourth-order valence-corrected chi connectivity index (χ4v) is 1.85. The van der Waals surface area contributed by atoms with Crippen molar-refractivity contribution in [2.45, 2.75) is 40.0 Å². The monoisotopic (exact) mass is 226 g/mol. The van der Waals surface area contributed by atoms with Gasteiger partial charge in [-0.1, -0.05) is 33.6 Å². The topological polar surface area (TPSA) is 49.4 Å². The minimum Gasteiger partial charge on any atom is -0.324 e. The number of nitrogens with one attached hydrogen (secondary N) is 1. The molecule has 1 rings (SSSR count). The Morgan fingerprint density at radius 3 is 2.69 bits per heavy atom. The zero-order chi connectivity index (χ0) is 12.1. The largest absolute Gasteiger partial charge is 0.324 e. The molecule has 1 fully saturated rings. The van der Waals surface area contributed by atoms with Crippen molar-refractivity contribution in [1.29, 1.82) is 0 Å². The van der Waals surface area contributed by atoms with Crippen LogP contribution in [-0.4, -0.2) is 29.9 Å². The fraction of sp³-hybridized carbons (Fsp3) is 0.833. The third kappa shape index (κ3) is 3.83. The lowest BCUT2D eigenvalue weighted by Gasteiger charge is -2.30. The van der Waals surface area contributed by atoms with Gasteiger partial charge in [0.15, 0.2) is 0 Å². The zero-order valence-corrected chi connectivity index (χ0v) is 10.5. The summed E-state index contributed by atoms with van der Waals surface area (Å²) in [6.45, 7) is 7.58. The number of rotatable bonds is 5. The number of hydrogen-bond donors (Lipinski definition) is 1. The number of unbranched alkanes of at least 4 members (excludes halogenated alkanes) is 1. The summed E-state index contributed by atoms with van der Waals surface area (Å²) in [5.41, 5.74) is 0. The molecule has 4 heteroatoms. The molecule has 0 radical (unpaired) electrons. The second kappa shape index (κ2) is 5.87. The van der Waals surface area contributed by atoms with Gasteiger partial charge in [0.25, 0.3) is 0 Å². The van der Waals surface area contributed by atoms with Gasteiger partial charge in [-0.3, -0.25) is 10.1 Å². The second-order valence-corrected chi connectivity index (χ2v) is 5.03. The summed E-state index contributed by atoms with van der Waals surface area (Å²) in [6, 6.07) is -0.229. The Kier molecular flexibility index (Phi) is 4.77. The van der Waals surface area contributed by atoms with E-state index in [-0.39, 0.29) is 17.9 Å². The normalized spacial score (nSPS) is 21.5. The molecule has 0 aromatic carbocycles. The molecule has 0 spiro atoms. The lowest BCUT2D eigenvalue weighted by atomic mass is 10.1. The van der Waals surface area contributed by atoms with E-state index in [4.69, 9.17) is 0 Å². The maximum Gasteiger partial charge on any atom is 0.324 e. The standard InChI is InChI=1S/C12H22N2O2/c1-9(2)6-4-5-7-14-8-10(3)11(15)13-12(14)16/h9-10H,4-8H2,1-3H3,(H,13,15,16). The van der Waals surface area contributed by atoms with Crippen LogP contribution in [0.3, 0.4) is 0 Å². The number of nitrogens with zero attached hydrogens (tertiary/aromatic N) is 1. The molecule has 4 nitrogen and oxygen atoms in total. The number of amides is 3. The minimum atomic E-state index is -0.229. The van der Waals surface area contributed by atoms with Gasteiger partial charge in [-0.05, 0) is 12.3 Å². The van der Waals surface area contributed by atoms with Crippen LogP contribution in [0.15, 0.2) is 0 Å². The van der Waals surface area contributed by atoms with Crippen LogP contribution in [0.25, 0.3) is 0 Å². The summed E-state index contributed by atoms with van der Waals surface area (Å²) >= 11 is 0. The molecular formula is C12H22N2O2. The van der Waals surface area contributed by atoms with Crippen LogP contribution >= 0.6 is 0 Å². The average molecular weight is 226 g/mol. The van der Waals surface area contributed by atoms with Crippen molar-refractivity contribution in [3.63, 3.8) is 0 Å². The van der Waals surface area contributed by atoms with Crippen LogP contribution in [0, 0.1) is 11.8 Å². The van der Waals surface area contributed by atoms with Crippen LogP contribution < -0.4 is 5.32 Å². The molecule has 1 aliphatic rings. The smallest absolute Gasteiger partial charge is 0.324 e. The number of urea groups is 1. The van der Waals surface area contributed by atoms with Crippen LogP contribution in [0.1, 0.15) is 40.0 Å². The summed E-state index contributed by atoms with van der Waals surface area (Å²) in [5, 5.41) is 2.38. The van der Waals surface area contributed by atoms with Gasteiger partial charge in [0.1, 0.15) is 0 Å². The maximum atomic E-state index is 11.5. The van der Waals surface area contributed by atoms with E-state index >= 15 is 0 Å². The third-order valence-electron chi connectivity index (χ3n) is 2.92. The molecule has 0 saturated carbocycles. The highest BCUT2D eigenvalue weighted by Crippen LogP contribution is 2.11. The lowest BCUT2D eigenvalue weighted by Crippen LogP contribution is -2.53. The summed E-state index contributed by atoms with van der Waals surface area (Å²) in [4.78, 5) is 24.4. The predicted octanol–water partition coefficient (Wildman–Crippen LogP) is 2.00. The highest BCUT2D eigenvalue weighted by atomic mass is 16.2. The molecule has 0 aromatic rings. The van der Waals surface area contributed by atoms with E-state index in [0.717, 1.165) is 25.3 Å². The Bertz CT molecular complexity index is 264. The molecule has 1 saturated heterocycles. The first-order chi connectivity index (χ1) is 7.50. The van der Waals surface area contributed by atoms with Crippen molar-refractivity contribution < 1.29 is 9.59 Å². The van der Waals surface area contributed by atoms with Crippen molar-refractivity contribution in [1.82, 2.24) is 10.2 Å². The van der Waals surface area contributed by atoms with E-state index in [1.165, 1.54) is 6.42 Å². The van der Waals surface area contributed by atoms with E-state index in [1.807, 2.05) is 6.92 Å². The van der Waals surface area contributed by atoms with E-state index in [2.05, 4.69) is 19.2 Å². The Morgan fingerprint density at radius 1 is 1.38 bits per heavy atom. The highest BCUT2D eigenvalue weighted by molar-refractivity contribution is 5.97. The van der Waals surface area contributed by atoms with Gasteiger partial charge in [0.05, 0.1) is 5.92 Å². The van der Waals surface area contributed by atoms with Gasteiger partial charge in [-0.15, -0.1) is 0 Å². The van der Waals surface area contributed by atoms with Crippen LogP contribution in [0.4, 0.5) is 4.79 Å². The van der Waals surface area contributed by atoms with E-state index in [1.54, 1.807) is 4.90 Å². The number of carbonyl (C=O) groups is 2. The third-order valence-corrected chi connectivity index (χ3v) is 2.92. The molecule has 0 bridgehead atoms. The lowest BCUT2D eigenvalue weighted by molar-refractivity contribution is -0.125. The minimum absolute atomic E-state index is 0.0807. The molecule has 0 aromatic heterocycles. The molecule has 1 unspecified atom stereocenters. The van der Waals surface area contributed by atoms with E-state index in [9.17, 15) is 9.59 Å². The van der Waals surface area contributed by atoms with Crippen LogP contribution in [-0.2, 0) is 4.79 Å². The van der Waals surface area contributed by atoms with Crippen molar-refractivity contribution in [3.8, 4) is 0 Å². The molecule has 3 amide bonds. The maximum absolute atomic E-state index is 11.5. The van der Waals surface area contributed by atoms with Crippen molar-refractivity contribution in [2.24, 2.45) is 11.8 Å². The Balaban J connectivity index is 2.26. The Morgan fingerprint density at radius 2 is 2.06 bits per heavy atom. The summed E-state index contributed by atoms with van der Waals surface area (Å²) < 4.78 is 0. The Hall–Kier alpha value is -1.06. The zero-order valence-electron chi connectivity index (χ0n) is 10.5. The summed E-state index contributed by atoms with van der Waals surface area (Å²) in [7, 11) is 0. The predicted molar refractivity (Wildman–Crippen MR) is 63.0 cm³/mol. The van der Waals surface area contributed by atoms with Gasteiger partial charge in [-0.25, -0.2) is 4.79 Å². The highest BCUT2D eigenvalue weighted by Gasteiger charge is 2.28. The SMILES string of the molecule is CC(C)CCCCN1CC(C)C(=O)NC1=O. The number of imide groups is 1. The van der Waals surface area contributed by atoms with Crippen molar-refractivity contribution in [3.05, 3.63) is 0 Å².